The van der Waals surface area contributed by atoms with Crippen molar-refractivity contribution in [3.63, 3.8) is 0 Å². The number of rotatable bonds is 6. The highest BCUT2D eigenvalue weighted by Gasteiger charge is 2.47. The Hall–Kier alpha value is -1.86. The summed E-state index contributed by atoms with van der Waals surface area (Å²) >= 11 is 0. The topological polar surface area (TPSA) is 85.1 Å². The zero-order valence-corrected chi connectivity index (χ0v) is 10.7. The summed E-state index contributed by atoms with van der Waals surface area (Å²) in [5.74, 6) is -0.548. The van der Waals surface area contributed by atoms with Crippen LogP contribution >= 0.6 is 0 Å². The highest BCUT2D eigenvalue weighted by atomic mass is 16.7. The molecule has 0 saturated carbocycles. The fourth-order valence-corrected chi connectivity index (χ4v) is 2.34. The Balaban J connectivity index is 2.27. The van der Waals surface area contributed by atoms with Crippen LogP contribution in [0.4, 0.5) is 4.79 Å². The molecule has 2 N–H and O–H groups in total. The first-order valence-electron chi connectivity index (χ1n) is 5.94. The smallest absolute Gasteiger partial charge is 0.345 e. The number of carbonyl (C=O) groups is 2. The molecule has 1 fully saturated rings. The second-order valence-corrected chi connectivity index (χ2v) is 4.37. The maximum absolute atomic E-state index is 12.2. The van der Waals surface area contributed by atoms with Gasteiger partial charge in [-0.3, -0.25) is 9.63 Å². The van der Waals surface area contributed by atoms with Crippen molar-refractivity contribution in [1.82, 2.24) is 9.96 Å². The lowest BCUT2D eigenvalue weighted by molar-refractivity contribution is -0.123. The molecule has 7 heteroatoms. The van der Waals surface area contributed by atoms with E-state index in [9.17, 15) is 9.59 Å². The van der Waals surface area contributed by atoms with E-state index in [0.717, 1.165) is 0 Å². The van der Waals surface area contributed by atoms with E-state index in [0.29, 0.717) is 18.7 Å². The van der Waals surface area contributed by atoms with Crippen LogP contribution in [0, 0.1) is 0 Å². The first kappa shape index (κ1) is 13.6. The Morgan fingerprint density at radius 3 is 3.00 bits per heavy atom. The van der Waals surface area contributed by atoms with E-state index in [1.54, 1.807) is 11.0 Å². The Kier molecular flexibility index (Phi) is 3.87. The number of carbonyl (C=O) groups excluding carboxylic acids is 2. The summed E-state index contributed by atoms with van der Waals surface area (Å²) in [7, 11) is 1.54. The molecule has 0 aromatic heterocycles. The Morgan fingerprint density at radius 2 is 2.42 bits per heavy atom. The maximum Gasteiger partial charge on any atom is 0.345 e. The largest absolute Gasteiger partial charge is 0.382 e. The quantitative estimate of drug-likeness (QED) is 0.667. The monoisotopic (exact) mass is 267 g/mol. The van der Waals surface area contributed by atoms with Crippen molar-refractivity contribution in [3.05, 3.63) is 24.3 Å². The van der Waals surface area contributed by atoms with Gasteiger partial charge in [0.15, 0.2) is 0 Å². The third-order valence-corrected chi connectivity index (χ3v) is 3.17. The Morgan fingerprint density at radius 1 is 1.68 bits per heavy atom. The van der Waals surface area contributed by atoms with Gasteiger partial charge in [0.1, 0.15) is 6.04 Å². The number of hydrogen-bond donors (Lipinski definition) is 1. The van der Waals surface area contributed by atoms with Gasteiger partial charge in [0.2, 0.25) is 5.91 Å². The number of nitrogens with two attached hydrogens (primary N) is 1. The SMILES string of the molecule is C=CCON1C(=O)N2C[C@H]1C(C(N)=O)=C[C@H]2COC. The molecule has 1 saturated heterocycles. The molecule has 2 bridgehead atoms. The molecular weight excluding hydrogens is 250 g/mol. The van der Waals surface area contributed by atoms with Gasteiger partial charge in [0, 0.05) is 12.7 Å². The second kappa shape index (κ2) is 5.41. The zero-order chi connectivity index (χ0) is 14.0. The van der Waals surface area contributed by atoms with E-state index in [1.165, 1.54) is 18.2 Å². The summed E-state index contributed by atoms with van der Waals surface area (Å²) < 4.78 is 5.06. The summed E-state index contributed by atoms with van der Waals surface area (Å²) in [5, 5.41) is 1.19. The molecule has 2 heterocycles. The number of hydroxylamine groups is 2. The molecule has 19 heavy (non-hydrogen) atoms. The Labute approximate surface area is 111 Å². The van der Waals surface area contributed by atoms with Crippen molar-refractivity contribution in [2.75, 3.05) is 26.9 Å². The molecular formula is C12H17N3O4. The fraction of sp³-hybridized carbons (Fsp3) is 0.500. The van der Waals surface area contributed by atoms with Gasteiger partial charge in [-0.05, 0) is 6.08 Å². The minimum absolute atomic E-state index is 0.192. The van der Waals surface area contributed by atoms with Gasteiger partial charge in [0.05, 0.1) is 25.8 Å². The molecule has 7 nitrogen and oxygen atoms in total. The van der Waals surface area contributed by atoms with Crippen LogP contribution in [0.25, 0.3) is 0 Å². The number of primary amides is 1. The first-order chi connectivity index (χ1) is 9.10. The van der Waals surface area contributed by atoms with Crippen LogP contribution in [-0.4, -0.2) is 60.9 Å². The van der Waals surface area contributed by atoms with E-state index in [4.69, 9.17) is 15.3 Å². The van der Waals surface area contributed by atoms with Crippen molar-refractivity contribution < 1.29 is 19.2 Å². The highest BCUT2D eigenvalue weighted by Crippen LogP contribution is 2.30. The molecule has 2 aliphatic heterocycles. The van der Waals surface area contributed by atoms with Gasteiger partial charge in [-0.2, -0.15) is 5.06 Å². The van der Waals surface area contributed by atoms with E-state index in [2.05, 4.69) is 6.58 Å². The van der Waals surface area contributed by atoms with Gasteiger partial charge in [0.25, 0.3) is 0 Å². The van der Waals surface area contributed by atoms with Crippen LogP contribution in [0.5, 0.6) is 0 Å². The van der Waals surface area contributed by atoms with Crippen molar-refractivity contribution in [1.29, 1.82) is 0 Å². The minimum atomic E-state index is -0.548. The molecule has 0 aromatic carbocycles. The van der Waals surface area contributed by atoms with Gasteiger partial charge < -0.3 is 15.4 Å². The number of nitrogens with zero attached hydrogens (tertiary/aromatic N) is 2. The third-order valence-electron chi connectivity index (χ3n) is 3.17. The van der Waals surface area contributed by atoms with Crippen LogP contribution in [0.15, 0.2) is 24.3 Å². The lowest BCUT2D eigenvalue weighted by Gasteiger charge is -2.27. The molecule has 0 aliphatic carbocycles. The highest BCUT2D eigenvalue weighted by molar-refractivity contribution is 5.96. The Bertz CT molecular complexity index is 435. The number of methoxy groups -OCH3 is 1. The van der Waals surface area contributed by atoms with Crippen molar-refractivity contribution in [2.45, 2.75) is 12.1 Å². The average molecular weight is 267 g/mol. The number of hydrogen-bond acceptors (Lipinski definition) is 4. The molecule has 3 amide bonds. The summed E-state index contributed by atoms with van der Waals surface area (Å²) in [6.07, 6.45) is 3.21. The van der Waals surface area contributed by atoms with Gasteiger partial charge in [-0.1, -0.05) is 6.08 Å². The van der Waals surface area contributed by atoms with Gasteiger partial charge in [-0.15, -0.1) is 6.58 Å². The third kappa shape index (κ3) is 2.34. The van der Waals surface area contributed by atoms with Crippen molar-refractivity contribution in [2.24, 2.45) is 5.73 Å². The fourth-order valence-electron chi connectivity index (χ4n) is 2.34. The molecule has 2 atom stereocenters. The summed E-state index contributed by atoms with van der Waals surface area (Å²) in [5.41, 5.74) is 5.75. The lowest BCUT2D eigenvalue weighted by atomic mass is 10.00. The molecule has 0 unspecified atom stereocenters. The van der Waals surface area contributed by atoms with Crippen LogP contribution in [0.1, 0.15) is 0 Å². The number of amides is 3. The number of fused-ring (bicyclic) bond motifs is 2. The van der Waals surface area contributed by atoms with Crippen LogP contribution in [0.2, 0.25) is 0 Å². The minimum Gasteiger partial charge on any atom is -0.382 e. The standard InChI is InChI=1S/C12H17N3O4/c1-3-4-19-15-10-6-14(12(15)17)8(7-18-2)5-9(10)11(13)16/h3,5,8,10H,1,4,6-7H2,2H3,(H2,13,16)/t8-,10-/m0/s1. The number of urea groups is 1. The average Bonchev–Trinajstić information content (AvgIpc) is 2.64. The maximum atomic E-state index is 12.2. The van der Waals surface area contributed by atoms with Crippen LogP contribution < -0.4 is 5.73 Å². The summed E-state index contributed by atoms with van der Waals surface area (Å²) in [6.45, 7) is 4.40. The van der Waals surface area contributed by atoms with E-state index in [1.807, 2.05) is 0 Å². The van der Waals surface area contributed by atoms with Gasteiger partial charge in [-0.25, -0.2) is 4.79 Å². The van der Waals surface area contributed by atoms with Gasteiger partial charge >= 0.3 is 6.03 Å². The molecule has 2 rings (SSSR count). The van der Waals surface area contributed by atoms with Crippen LogP contribution in [-0.2, 0) is 14.4 Å². The van der Waals surface area contributed by atoms with Crippen molar-refractivity contribution >= 4 is 11.9 Å². The van der Waals surface area contributed by atoms with E-state index < -0.39 is 11.9 Å². The molecule has 0 radical (unpaired) electrons. The van der Waals surface area contributed by atoms with E-state index in [-0.39, 0.29) is 18.7 Å². The summed E-state index contributed by atoms with van der Waals surface area (Å²) in [4.78, 5) is 30.6. The zero-order valence-electron chi connectivity index (χ0n) is 10.7. The van der Waals surface area contributed by atoms with Crippen LogP contribution in [0.3, 0.4) is 0 Å². The molecule has 0 spiro atoms. The first-order valence-corrected chi connectivity index (χ1v) is 5.94. The molecule has 0 aromatic rings. The number of ether oxygens (including phenoxy) is 1. The summed E-state index contributed by atoms with van der Waals surface area (Å²) in [6, 6.07) is -1.05. The molecule has 104 valence electrons. The molecule has 2 aliphatic rings. The predicted octanol–water partition coefficient (Wildman–Crippen LogP) is -0.349. The lowest BCUT2D eigenvalue weighted by Crippen LogP contribution is -2.43. The van der Waals surface area contributed by atoms with E-state index >= 15 is 0 Å². The van der Waals surface area contributed by atoms with Crippen molar-refractivity contribution in [3.8, 4) is 0 Å². The normalized spacial score (nSPS) is 25.5. The second-order valence-electron chi connectivity index (χ2n) is 4.37. The predicted molar refractivity (Wildman–Crippen MR) is 66.8 cm³/mol.